The summed E-state index contributed by atoms with van der Waals surface area (Å²) in [6.45, 7) is 2.08. The van der Waals surface area contributed by atoms with Crippen molar-refractivity contribution in [1.82, 2.24) is 10.2 Å². The second-order valence-corrected chi connectivity index (χ2v) is 9.70. The van der Waals surface area contributed by atoms with Gasteiger partial charge in [0.25, 0.3) is 5.91 Å². The number of aromatic nitrogens is 2. The number of aromatic amines is 1. The molecular weight excluding hydrogens is 462 g/mol. The fraction of sp³-hybridized carbons (Fsp3) is 0.0714. The molecule has 1 aromatic heterocycles. The number of rotatable bonds is 6. The lowest BCUT2D eigenvalue weighted by Gasteiger charge is -2.15. The number of carbonyl (C=O) groups is 1. The average Bonchev–Trinajstić information content (AvgIpc) is 3.26. The van der Waals surface area contributed by atoms with Gasteiger partial charge in [-0.2, -0.15) is 5.10 Å². The molecule has 1 atom stereocenters. The zero-order valence-corrected chi connectivity index (χ0v) is 20.0. The zero-order chi connectivity index (χ0) is 23.5. The number of fused-ring (bicyclic) bond motifs is 1. The SMILES string of the molecule is CC(Sc1ccccc1C(=O)Nc1ccc2ccccc2c1)c1c(-c2ccccc2)n[nH]c1Cl. The standard InChI is InChI=1S/C28H22ClN3OS/c1-18(25-26(31-32-27(25)29)20-10-3-2-4-11-20)34-24-14-8-7-13-23(24)28(33)30-22-16-15-19-9-5-6-12-21(19)17-22/h2-18H,1H3,(H,30,33)(H,31,32). The van der Waals surface area contributed by atoms with Gasteiger partial charge in [0.2, 0.25) is 0 Å². The first-order valence-electron chi connectivity index (χ1n) is 10.9. The quantitative estimate of drug-likeness (QED) is 0.240. The normalized spacial score (nSPS) is 11.9. The maximum atomic E-state index is 13.2. The summed E-state index contributed by atoms with van der Waals surface area (Å²) in [5.41, 5.74) is 4.12. The van der Waals surface area contributed by atoms with E-state index in [1.54, 1.807) is 11.8 Å². The highest BCUT2D eigenvalue weighted by Gasteiger charge is 2.22. The summed E-state index contributed by atoms with van der Waals surface area (Å²) in [6.07, 6.45) is 0. The fourth-order valence-corrected chi connectivity index (χ4v) is 5.52. The van der Waals surface area contributed by atoms with Crippen molar-refractivity contribution < 1.29 is 4.79 Å². The molecule has 4 nitrogen and oxygen atoms in total. The van der Waals surface area contributed by atoms with Crippen molar-refractivity contribution in [3.63, 3.8) is 0 Å². The van der Waals surface area contributed by atoms with Gasteiger partial charge in [0, 0.05) is 27.0 Å². The van der Waals surface area contributed by atoms with Gasteiger partial charge in [0.15, 0.2) is 0 Å². The molecule has 6 heteroatoms. The van der Waals surface area contributed by atoms with E-state index in [0.717, 1.165) is 38.2 Å². The van der Waals surface area contributed by atoms with Crippen LogP contribution < -0.4 is 5.32 Å². The number of H-pyrrole nitrogens is 1. The van der Waals surface area contributed by atoms with Crippen LogP contribution >= 0.6 is 23.4 Å². The van der Waals surface area contributed by atoms with Gasteiger partial charge in [-0.1, -0.05) is 84.4 Å². The predicted molar refractivity (Wildman–Crippen MR) is 142 cm³/mol. The summed E-state index contributed by atoms with van der Waals surface area (Å²) in [6, 6.07) is 31.6. The summed E-state index contributed by atoms with van der Waals surface area (Å²) in [7, 11) is 0. The van der Waals surface area contributed by atoms with Gasteiger partial charge < -0.3 is 5.32 Å². The van der Waals surface area contributed by atoms with Gasteiger partial charge in [0.1, 0.15) is 5.15 Å². The van der Waals surface area contributed by atoms with Crippen LogP contribution in [0.3, 0.4) is 0 Å². The highest BCUT2D eigenvalue weighted by atomic mass is 35.5. The minimum Gasteiger partial charge on any atom is -0.322 e. The van der Waals surface area contributed by atoms with Crippen molar-refractivity contribution in [2.75, 3.05) is 5.32 Å². The van der Waals surface area contributed by atoms with E-state index in [1.165, 1.54) is 0 Å². The Balaban J connectivity index is 1.40. The number of anilines is 1. The van der Waals surface area contributed by atoms with Crippen molar-refractivity contribution in [3.8, 4) is 11.3 Å². The first-order chi connectivity index (χ1) is 16.6. The van der Waals surface area contributed by atoms with E-state index in [4.69, 9.17) is 11.6 Å². The van der Waals surface area contributed by atoms with E-state index >= 15 is 0 Å². The summed E-state index contributed by atoms with van der Waals surface area (Å²) >= 11 is 8.09. The van der Waals surface area contributed by atoms with E-state index in [9.17, 15) is 4.79 Å². The van der Waals surface area contributed by atoms with Gasteiger partial charge in [-0.25, -0.2) is 0 Å². The number of benzene rings is 4. The lowest BCUT2D eigenvalue weighted by Crippen LogP contribution is -2.13. The Morgan fingerprint density at radius 3 is 2.44 bits per heavy atom. The minimum absolute atomic E-state index is 0.0314. The maximum Gasteiger partial charge on any atom is 0.256 e. The average molecular weight is 484 g/mol. The van der Waals surface area contributed by atoms with Crippen molar-refractivity contribution in [2.45, 2.75) is 17.1 Å². The third-order valence-electron chi connectivity index (χ3n) is 5.65. The van der Waals surface area contributed by atoms with E-state index < -0.39 is 0 Å². The summed E-state index contributed by atoms with van der Waals surface area (Å²) in [4.78, 5) is 14.1. The van der Waals surface area contributed by atoms with Gasteiger partial charge in [-0.3, -0.25) is 9.89 Å². The number of thioether (sulfide) groups is 1. The molecular formula is C28H22ClN3OS. The van der Waals surface area contributed by atoms with E-state index in [2.05, 4.69) is 28.5 Å². The molecule has 5 aromatic rings. The molecule has 0 aliphatic heterocycles. The smallest absolute Gasteiger partial charge is 0.256 e. The van der Waals surface area contributed by atoms with Crippen molar-refractivity contribution in [2.24, 2.45) is 0 Å². The van der Waals surface area contributed by atoms with Crippen molar-refractivity contribution >= 4 is 45.7 Å². The minimum atomic E-state index is -0.146. The summed E-state index contributed by atoms with van der Waals surface area (Å²) in [5, 5.41) is 13.1. The van der Waals surface area contributed by atoms with Gasteiger partial charge in [0.05, 0.1) is 11.3 Å². The lowest BCUT2D eigenvalue weighted by molar-refractivity contribution is 0.102. The highest BCUT2D eigenvalue weighted by molar-refractivity contribution is 7.99. The molecule has 0 bridgehead atoms. The Labute approximate surface area is 207 Å². The van der Waals surface area contributed by atoms with Crippen LogP contribution in [0.5, 0.6) is 0 Å². The first kappa shape index (κ1) is 22.3. The number of hydrogen-bond donors (Lipinski definition) is 2. The molecule has 168 valence electrons. The van der Waals surface area contributed by atoms with Crippen molar-refractivity contribution in [1.29, 1.82) is 0 Å². The van der Waals surface area contributed by atoms with Crippen LogP contribution in [0, 0.1) is 0 Å². The molecule has 0 radical (unpaired) electrons. The predicted octanol–water partition coefficient (Wildman–Crippen LogP) is 7.99. The van der Waals surface area contributed by atoms with Gasteiger partial charge in [-0.05, 0) is 42.0 Å². The van der Waals surface area contributed by atoms with Crippen LogP contribution in [0.25, 0.3) is 22.0 Å². The van der Waals surface area contributed by atoms with Crippen LogP contribution in [0.15, 0.2) is 102 Å². The number of halogens is 1. The molecule has 34 heavy (non-hydrogen) atoms. The zero-order valence-electron chi connectivity index (χ0n) is 18.5. The number of carbonyl (C=O) groups excluding carboxylic acids is 1. The Kier molecular flexibility index (Phi) is 6.39. The van der Waals surface area contributed by atoms with Crippen LogP contribution in [0.1, 0.15) is 28.1 Å². The monoisotopic (exact) mass is 483 g/mol. The molecule has 0 aliphatic rings. The molecule has 0 saturated heterocycles. The Morgan fingerprint density at radius 2 is 1.62 bits per heavy atom. The van der Waals surface area contributed by atoms with Gasteiger partial charge >= 0.3 is 0 Å². The third-order valence-corrected chi connectivity index (χ3v) is 7.14. The molecule has 1 amide bonds. The molecule has 0 aliphatic carbocycles. The molecule has 0 fully saturated rings. The Morgan fingerprint density at radius 1 is 0.912 bits per heavy atom. The second kappa shape index (κ2) is 9.75. The highest BCUT2D eigenvalue weighted by Crippen LogP contribution is 2.43. The topological polar surface area (TPSA) is 57.8 Å². The number of amides is 1. The largest absolute Gasteiger partial charge is 0.322 e. The summed E-state index contributed by atoms with van der Waals surface area (Å²) in [5.74, 6) is -0.146. The van der Waals surface area contributed by atoms with E-state index in [-0.39, 0.29) is 11.2 Å². The van der Waals surface area contributed by atoms with Gasteiger partial charge in [-0.15, -0.1) is 11.8 Å². The maximum absolute atomic E-state index is 13.2. The second-order valence-electron chi connectivity index (χ2n) is 7.94. The molecule has 2 N–H and O–H groups in total. The van der Waals surface area contributed by atoms with E-state index in [1.807, 2.05) is 91.0 Å². The van der Waals surface area contributed by atoms with Crippen LogP contribution in [0.2, 0.25) is 5.15 Å². The Hall–Kier alpha value is -3.54. The first-order valence-corrected chi connectivity index (χ1v) is 12.2. The summed E-state index contributed by atoms with van der Waals surface area (Å²) < 4.78 is 0. The molecule has 4 aromatic carbocycles. The van der Waals surface area contributed by atoms with Crippen LogP contribution in [-0.4, -0.2) is 16.1 Å². The molecule has 5 rings (SSSR count). The van der Waals surface area contributed by atoms with Crippen LogP contribution in [-0.2, 0) is 0 Å². The lowest BCUT2D eigenvalue weighted by atomic mass is 10.1. The Bertz CT molecular complexity index is 1470. The number of hydrogen-bond acceptors (Lipinski definition) is 3. The molecule has 0 saturated carbocycles. The van der Waals surface area contributed by atoms with Crippen LogP contribution in [0.4, 0.5) is 5.69 Å². The molecule has 1 unspecified atom stereocenters. The molecule has 0 spiro atoms. The number of nitrogens with zero attached hydrogens (tertiary/aromatic N) is 1. The third kappa shape index (κ3) is 4.58. The fourth-order valence-electron chi connectivity index (χ4n) is 3.99. The van der Waals surface area contributed by atoms with E-state index in [0.29, 0.717) is 10.7 Å². The molecule has 1 heterocycles. The number of nitrogens with one attached hydrogen (secondary N) is 2. The van der Waals surface area contributed by atoms with Crippen molar-refractivity contribution in [3.05, 3.63) is 113 Å².